The van der Waals surface area contributed by atoms with Crippen molar-refractivity contribution in [3.63, 3.8) is 0 Å². The van der Waals surface area contributed by atoms with Crippen molar-refractivity contribution >= 4 is 65.9 Å². The van der Waals surface area contributed by atoms with Crippen LogP contribution in [0.2, 0.25) is 87.1 Å². The molecule has 213 valence electrons. The maximum atomic E-state index is 2.72. The molecule has 1 aliphatic heterocycles. The fourth-order valence-corrected chi connectivity index (χ4v) is 81.3. The molecule has 0 spiro atoms. The molecule has 0 aromatic carbocycles. The van der Waals surface area contributed by atoms with Crippen molar-refractivity contribution < 1.29 is 0 Å². The van der Waals surface area contributed by atoms with Gasteiger partial charge in [-0.15, -0.1) is 0 Å². The van der Waals surface area contributed by atoms with Crippen LogP contribution in [0.4, 0.5) is 0 Å². The molecule has 0 unspecified atom stereocenters. The molecule has 10 heteroatoms. The molecule has 0 bridgehead atoms. The van der Waals surface area contributed by atoms with E-state index in [1.807, 2.05) is 0 Å². The van der Waals surface area contributed by atoms with Gasteiger partial charge in [0.1, 0.15) is 0 Å². The van der Waals surface area contributed by atoms with Crippen molar-refractivity contribution in [3.8, 4) is 0 Å². The van der Waals surface area contributed by atoms with Crippen LogP contribution in [0, 0.1) is 11.8 Å². The molecule has 0 saturated heterocycles. The van der Waals surface area contributed by atoms with Crippen molar-refractivity contribution in [3.05, 3.63) is 11.4 Å². The molecular weight excluding hydrogens is 577 g/mol. The van der Waals surface area contributed by atoms with Gasteiger partial charge in [0.05, 0.1) is 14.8 Å². The maximum Gasteiger partial charge on any atom is 0.0949 e. The standard InChI is InChI=1S/C27H63N2Si8/c1-21(2)26(34(9,10)11,35(12,13)14)30-32-33(25-28(7)23(5)24(6)29(25)8)31-27(22(3)4,36(15,16)17)37(18,19)20/h21-22,25H,1-20H3. The third-order valence-corrected chi connectivity index (χ3v) is 61.9. The van der Waals surface area contributed by atoms with Crippen LogP contribution in [0.15, 0.2) is 11.4 Å². The van der Waals surface area contributed by atoms with Crippen LogP contribution in [-0.4, -0.2) is 95.6 Å². The van der Waals surface area contributed by atoms with E-state index in [1.165, 1.54) is 19.5 Å². The first-order valence-electron chi connectivity index (χ1n) is 14.5. The summed E-state index contributed by atoms with van der Waals surface area (Å²) >= 11 is 0. The van der Waals surface area contributed by atoms with Gasteiger partial charge in [-0.25, -0.2) is 0 Å². The minimum Gasteiger partial charge on any atom is -0.357 e. The minimum absolute atomic E-state index is 0.594. The normalized spacial score (nSPS) is 18.3. The zero-order chi connectivity index (χ0) is 29.7. The molecule has 1 heterocycles. The van der Waals surface area contributed by atoms with E-state index in [-0.39, 0.29) is 0 Å². The van der Waals surface area contributed by atoms with E-state index in [2.05, 4.69) is 144 Å². The van der Waals surface area contributed by atoms with Crippen molar-refractivity contribution in [2.45, 2.75) is 134 Å². The molecule has 0 fully saturated rings. The molecule has 0 atom stereocenters. The third kappa shape index (κ3) is 6.45. The molecule has 1 rings (SSSR count). The molecule has 2 nitrogen and oxygen atoms in total. The zero-order valence-corrected chi connectivity index (χ0v) is 36.6. The number of rotatable bonds is 11. The van der Waals surface area contributed by atoms with Gasteiger partial charge in [-0.2, -0.15) is 0 Å². The summed E-state index contributed by atoms with van der Waals surface area (Å²) in [6, 6.07) is 0. The molecule has 0 amide bonds. The van der Waals surface area contributed by atoms with Crippen molar-refractivity contribution in [1.29, 1.82) is 0 Å². The summed E-state index contributed by atoms with van der Waals surface area (Å²) in [6.45, 7) is 47.8. The predicted octanol–water partition coefficient (Wildman–Crippen LogP) is 7.64. The Morgan fingerprint density at radius 2 is 0.919 bits per heavy atom. The van der Waals surface area contributed by atoms with Crippen LogP contribution in [-0.2, 0) is 0 Å². The second-order valence-corrected chi connectivity index (χ2v) is 53.5. The van der Waals surface area contributed by atoms with E-state index in [9.17, 15) is 0 Å². The lowest BCUT2D eigenvalue weighted by Crippen LogP contribution is -2.66. The molecular formula is C27H63N2Si8. The first-order valence-corrected chi connectivity index (χ1v) is 36.1. The highest BCUT2D eigenvalue weighted by molar-refractivity contribution is 7.40. The van der Waals surface area contributed by atoms with Crippen LogP contribution in [0.5, 0.6) is 0 Å². The van der Waals surface area contributed by atoms with Gasteiger partial charge in [-0.1, -0.05) is 106 Å². The summed E-state index contributed by atoms with van der Waals surface area (Å²) in [6.07, 6.45) is 0. The van der Waals surface area contributed by atoms with E-state index < -0.39 is 39.7 Å². The SMILES string of the molecule is CC1=C(C)N(C)C([Si]([Si]C(C(C)C)([Si](C)(C)C)[Si](C)(C)C)=[Si][Si]C(C(C)C)([Si](C)(C)C)[Si](C)(C)C)N1C. The summed E-state index contributed by atoms with van der Waals surface area (Å²) in [5, 5.41) is 0. The number of hydrogen-bond acceptors (Lipinski definition) is 2. The van der Waals surface area contributed by atoms with Crippen LogP contribution in [0.1, 0.15) is 41.5 Å². The van der Waals surface area contributed by atoms with Gasteiger partial charge < -0.3 is 9.80 Å². The first kappa shape index (κ1) is 36.1. The summed E-state index contributed by atoms with van der Waals surface area (Å²) in [5.74, 6) is 2.20. The van der Waals surface area contributed by atoms with E-state index in [0.717, 1.165) is 29.9 Å². The van der Waals surface area contributed by atoms with Gasteiger partial charge in [-0.05, 0) is 42.4 Å². The Morgan fingerprint density at radius 3 is 1.16 bits per heavy atom. The lowest BCUT2D eigenvalue weighted by molar-refractivity contribution is 0.270. The van der Waals surface area contributed by atoms with Crippen LogP contribution in [0.25, 0.3) is 0 Å². The van der Waals surface area contributed by atoms with Gasteiger partial charge in [0.15, 0.2) is 0 Å². The molecule has 0 aromatic rings. The molecule has 0 aliphatic carbocycles. The Bertz CT molecular complexity index is 821. The van der Waals surface area contributed by atoms with Gasteiger partial charge in [0.2, 0.25) is 0 Å². The topological polar surface area (TPSA) is 6.48 Å². The Labute approximate surface area is 246 Å². The number of allylic oxidation sites excluding steroid dienone is 2. The summed E-state index contributed by atoms with van der Waals surface area (Å²) < 4.78 is 1.21. The van der Waals surface area contributed by atoms with Crippen molar-refractivity contribution in [1.82, 2.24) is 9.80 Å². The van der Waals surface area contributed by atoms with Crippen LogP contribution in [0.3, 0.4) is 0 Å². The summed E-state index contributed by atoms with van der Waals surface area (Å²) in [4.78, 5) is 5.43. The van der Waals surface area contributed by atoms with E-state index in [0.29, 0.717) is 14.4 Å². The third-order valence-electron chi connectivity index (χ3n) is 9.76. The van der Waals surface area contributed by atoms with Gasteiger partial charge in [0, 0.05) is 74.2 Å². The molecule has 5 radical (unpaired) electrons. The lowest BCUT2D eigenvalue weighted by atomic mass is 10.2. The molecule has 37 heavy (non-hydrogen) atoms. The summed E-state index contributed by atoms with van der Waals surface area (Å²) in [7, 11) is 2.09. The Kier molecular flexibility index (Phi) is 11.5. The smallest absolute Gasteiger partial charge is 0.0949 e. The highest BCUT2D eigenvalue weighted by atomic mass is 29.5. The van der Waals surface area contributed by atoms with Gasteiger partial charge in [0.25, 0.3) is 0 Å². The Morgan fingerprint density at radius 1 is 0.622 bits per heavy atom. The largest absolute Gasteiger partial charge is 0.357 e. The van der Waals surface area contributed by atoms with E-state index in [1.54, 1.807) is 0 Å². The highest BCUT2D eigenvalue weighted by Crippen LogP contribution is 2.53. The van der Waals surface area contributed by atoms with Gasteiger partial charge in [-0.3, -0.25) is 0 Å². The summed E-state index contributed by atoms with van der Waals surface area (Å²) in [5.41, 5.74) is 3.02. The average molecular weight is 641 g/mol. The fraction of sp³-hybridized carbons (Fsp3) is 0.926. The lowest BCUT2D eigenvalue weighted by Gasteiger charge is -2.57. The van der Waals surface area contributed by atoms with Crippen molar-refractivity contribution in [2.24, 2.45) is 11.8 Å². The Hall–Kier alpha value is 1.08. The first-order chi connectivity index (χ1) is 16.2. The Balaban J connectivity index is 4.01. The van der Waals surface area contributed by atoms with Gasteiger partial charge >= 0.3 is 0 Å². The van der Waals surface area contributed by atoms with Crippen molar-refractivity contribution in [2.75, 3.05) is 14.1 Å². The quantitative estimate of drug-likeness (QED) is 0.215. The van der Waals surface area contributed by atoms with E-state index in [4.69, 9.17) is 0 Å². The number of hydrogen-bond donors (Lipinski definition) is 0. The van der Waals surface area contributed by atoms with Crippen LogP contribution >= 0.6 is 0 Å². The molecule has 0 saturated carbocycles. The zero-order valence-electron chi connectivity index (χ0n) is 28.6. The number of nitrogens with zero attached hydrogens (tertiary/aromatic N) is 2. The second-order valence-electron chi connectivity index (χ2n) is 16.5. The van der Waals surface area contributed by atoms with Crippen LogP contribution < -0.4 is 0 Å². The van der Waals surface area contributed by atoms with E-state index >= 15 is 0 Å². The second kappa shape index (κ2) is 11.8. The predicted molar refractivity (Wildman–Crippen MR) is 189 cm³/mol. The fourth-order valence-electron chi connectivity index (χ4n) is 8.82. The minimum atomic E-state index is -1.42. The average Bonchev–Trinajstić information content (AvgIpc) is 2.83. The monoisotopic (exact) mass is 639 g/mol. The molecule has 1 aliphatic rings. The molecule has 0 N–H and O–H groups in total. The molecule has 0 aromatic heterocycles. The highest BCUT2D eigenvalue weighted by Gasteiger charge is 2.57. The maximum absolute atomic E-state index is 2.72.